The molecule has 0 heterocycles. The number of benzene rings is 1. The van der Waals surface area contributed by atoms with E-state index in [-0.39, 0.29) is 6.54 Å². The summed E-state index contributed by atoms with van der Waals surface area (Å²) in [4.78, 5) is 20.5. The van der Waals surface area contributed by atoms with Crippen molar-refractivity contribution < 1.29 is 24.3 Å². The number of nitro benzene ring substituents is 1. The van der Waals surface area contributed by atoms with E-state index in [1.54, 1.807) is 0 Å². The van der Waals surface area contributed by atoms with Crippen LogP contribution in [0.2, 0.25) is 0 Å². The Hall–Kier alpha value is -2.06. The lowest BCUT2D eigenvalue weighted by Crippen LogP contribution is -2.34. The fourth-order valence-electron chi connectivity index (χ4n) is 1.44. The maximum Gasteiger partial charge on any atom is 0.270 e. The van der Waals surface area contributed by atoms with E-state index in [1.165, 1.54) is 6.92 Å². The molecule has 2 unspecified atom stereocenters. The van der Waals surface area contributed by atoms with Gasteiger partial charge in [0.15, 0.2) is 0 Å². The average molecular weight is 272 g/mol. The number of nitrogens with zero attached hydrogens (tertiary/aromatic N) is 1. The van der Waals surface area contributed by atoms with E-state index in [0.717, 1.165) is 18.2 Å². The van der Waals surface area contributed by atoms with E-state index < -0.39 is 40.1 Å². The van der Waals surface area contributed by atoms with Crippen LogP contribution in [-0.4, -0.2) is 33.7 Å². The Bertz CT molecular complexity index is 494. The van der Waals surface area contributed by atoms with E-state index in [9.17, 15) is 29.5 Å². The molecule has 3 N–H and O–H groups in total. The molecular formula is C11H13FN2O5. The van der Waals surface area contributed by atoms with Crippen LogP contribution in [0.15, 0.2) is 18.2 Å². The van der Waals surface area contributed by atoms with Crippen LogP contribution in [-0.2, 0) is 4.79 Å². The summed E-state index contributed by atoms with van der Waals surface area (Å²) in [6.07, 6.45) is -3.15. The second-order valence-electron chi connectivity index (χ2n) is 3.91. The summed E-state index contributed by atoms with van der Waals surface area (Å²) in [6, 6.07) is 2.63. The maximum absolute atomic E-state index is 13.5. The number of hydrogen-bond acceptors (Lipinski definition) is 5. The maximum atomic E-state index is 13.5. The van der Waals surface area contributed by atoms with Crippen molar-refractivity contribution in [3.8, 4) is 0 Å². The van der Waals surface area contributed by atoms with Gasteiger partial charge in [-0.1, -0.05) is 0 Å². The fraction of sp³-hybridized carbons (Fsp3) is 0.364. The highest BCUT2D eigenvalue weighted by molar-refractivity contribution is 5.72. The molecule has 7 nitrogen and oxygen atoms in total. The van der Waals surface area contributed by atoms with Gasteiger partial charge in [0.2, 0.25) is 5.91 Å². The third-order valence-corrected chi connectivity index (χ3v) is 2.43. The molecule has 8 heteroatoms. The minimum absolute atomic E-state index is 0.293. The molecule has 0 bridgehead atoms. The molecule has 0 saturated heterocycles. The summed E-state index contributed by atoms with van der Waals surface area (Å²) < 4.78 is 13.5. The van der Waals surface area contributed by atoms with Crippen molar-refractivity contribution in [3.63, 3.8) is 0 Å². The zero-order chi connectivity index (χ0) is 14.6. The number of amides is 1. The second kappa shape index (κ2) is 6.21. The van der Waals surface area contributed by atoms with Gasteiger partial charge in [-0.25, -0.2) is 4.39 Å². The van der Waals surface area contributed by atoms with Crippen LogP contribution in [0.3, 0.4) is 0 Å². The number of aliphatic hydroxyl groups excluding tert-OH is 2. The number of rotatable bonds is 5. The molecule has 1 aromatic rings. The topological polar surface area (TPSA) is 113 Å². The molecule has 0 aliphatic heterocycles. The Balaban J connectivity index is 2.91. The van der Waals surface area contributed by atoms with Crippen LogP contribution in [0, 0.1) is 15.9 Å². The molecule has 0 radical (unpaired) electrons. The number of halogens is 1. The first-order valence-electron chi connectivity index (χ1n) is 5.37. The largest absolute Gasteiger partial charge is 0.388 e. The van der Waals surface area contributed by atoms with Crippen LogP contribution < -0.4 is 5.32 Å². The van der Waals surface area contributed by atoms with Gasteiger partial charge in [0.25, 0.3) is 5.69 Å². The Morgan fingerprint density at radius 2 is 2.16 bits per heavy atom. The van der Waals surface area contributed by atoms with Gasteiger partial charge in [0.05, 0.1) is 4.92 Å². The van der Waals surface area contributed by atoms with Crippen molar-refractivity contribution in [2.75, 3.05) is 6.54 Å². The molecule has 1 amide bonds. The quantitative estimate of drug-likeness (QED) is 0.526. The van der Waals surface area contributed by atoms with Crippen molar-refractivity contribution in [3.05, 3.63) is 39.7 Å². The fourth-order valence-corrected chi connectivity index (χ4v) is 1.44. The SMILES string of the molecule is CC(=O)NCC(O)C(O)c1cc([N+](=O)[O-])ccc1F. The summed E-state index contributed by atoms with van der Waals surface area (Å²) in [5.74, 6) is -1.30. The van der Waals surface area contributed by atoms with Gasteiger partial charge in [0, 0.05) is 31.2 Å². The molecule has 1 aromatic carbocycles. The third kappa shape index (κ3) is 3.97. The van der Waals surface area contributed by atoms with Crippen LogP contribution in [0.5, 0.6) is 0 Å². The highest BCUT2D eigenvalue weighted by atomic mass is 19.1. The summed E-state index contributed by atoms with van der Waals surface area (Å²) in [7, 11) is 0. The Labute approximate surface area is 107 Å². The number of nitrogens with one attached hydrogen (secondary N) is 1. The van der Waals surface area contributed by atoms with Crippen LogP contribution >= 0.6 is 0 Å². The van der Waals surface area contributed by atoms with Gasteiger partial charge in [-0.2, -0.15) is 0 Å². The number of non-ortho nitro benzene ring substituents is 1. The van der Waals surface area contributed by atoms with Crippen molar-refractivity contribution in [1.29, 1.82) is 0 Å². The van der Waals surface area contributed by atoms with E-state index in [4.69, 9.17) is 0 Å². The average Bonchev–Trinajstić information content (AvgIpc) is 2.35. The van der Waals surface area contributed by atoms with Crippen LogP contribution in [0.25, 0.3) is 0 Å². The van der Waals surface area contributed by atoms with Crippen LogP contribution in [0.1, 0.15) is 18.6 Å². The van der Waals surface area contributed by atoms with Gasteiger partial charge in [0.1, 0.15) is 18.0 Å². The molecule has 0 aromatic heterocycles. The highest BCUT2D eigenvalue weighted by Crippen LogP contribution is 2.24. The minimum Gasteiger partial charge on any atom is -0.388 e. The first-order valence-corrected chi connectivity index (χ1v) is 5.37. The Morgan fingerprint density at radius 3 is 2.68 bits per heavy atom. The van der Waals surface area contributed by atoms with E-state index in [2.05, 4.69) is 5.32 Å². The van der Waals surface area contributed by atoms with Gasteiger partial charge in [-0.05, 0) is 6.07 Å². The zero-order valence-electron chi connectivity index (χ0n) is 10.0. The number of aliphatic hydroxyl groups is 2. The number of hydrogen-bond donors (Lipinski definition) is 3. The van der Waals surface area contributed by atoms with Gasteiger partial charge >= 0.3 is 0 Å². The van der Waals surface area contributed by atoms with E-state index in [0.29, 0.717) is 0 Å². The van der Waals surface area contributed by atoms with Crippen molar-refractivity contribution in [1.82, 2.24) is 5.32 Å². The lowest BCUT2D eigenvalue weighted by atomic mass is 10.0. The van der Waals surface area contributed by atoms with E-state index >= 15 is 0 Å². The molecule has 19 heavy (non-hydrogen) atoms. The molecule has 0 aliphatic rings. The van der Waals surface area contributed by atoms with Gasteiger partial charge in [-0.15, -0.1) is 0 Å². The second-order valence-corrected chi connectivity index (χ2v) is 3.91. The molecule has 1 rings (SSSR count). The lowest BCUT2D eigenvalue weighted by molar-refractivity contribution is -0.385. The molecule has 2 atom stereocenters. The Morgan fingerprint density at radius 1 is 1.53 bits per heavy atom. The highest BCUT2D eigenvalue weighted by Gasteiger charge is 2.24. The van der Waals surface area contributed by atoms with Crippen molar-refractivity contribution >= 4 is 11.6 Å². The van der Waals surface area contributed by atoms with Crippen LogP contribution in [0.4, 0.5) is 10.1 Å². The first-order chi connectivity index (χ1) is 8.82. The molecule has 104 valence electrons. The zero-order valence-corrected chi connectivity index (χ0v) is 10.0. The first kappa shape index (κ1) is 15.0. The summed E-state index contributed by atoms with van der Waals surface area (Å²) in [5.41, 5.74) is -0.797. The summed E-state index contributed by atoms with van der Waals surface area (Å²) in [6.45, 7) is 0.922. The van der Waals surface area contributed by atoms with Crippen molar-refractivity contribution in [2.45, 2.75) is 19.1 Å². The number of carbonyl (C=O) groups is 1. The minimum atomic E-state index is -1.67. The molecule has 0 saturated carbocycles. The smallest absolute Gasteiger partial charge is 0.270 e. The molecular weight excluding hydrogens is 259 g/mol. The molecule has 0 fully saturated rings. The van der Waals surface area contributed by atoms with Gasteiger partial charge in [-0.3, -0.25) is 14.9 Å². The third-order valence-electron chi connectivity index (χ3n) is 2.43. The number of nitro groups is 1. The molecule has 0 spiro atoms. The lowest BCUT2D eigenvalue weighted by Gasteiger charge is -2.18. The van der Waals surface area contributed by atoms with Crippen molar-refractivity contribution in [2.24, 2.45) is 0 Å². The predicted molar refractivity (Wildman–Crippen MR) is 62.7 cm³/mol. The predicted octanol–water partition coefficient (Wildman–Crippen LogP) is 0.264. The van der Waals surface area contributed by atoms with Gasteiger partial charge < -0.3 is 15.5 Å². The van der Waals surface area contributed by atoms with E-state index in [1.807, 2.05) is 0 Å². The molecule has 0 aliphatic carbocycles. The normalized spacial score (nSPS) is 13.7. The standard InChI is InChI=1S/C11H13FN2O5/c1-6(15)13-5-10(16)11(17)8-4-7(14(18)19)2-3-9(8)12/h2-4,10-11,16-17H,5H2,1H3,(H,13,15). The summed E-state index contributed by atoms with van der Waals surface area (Å²) in [5, 5.41) is 32.1. The Kier molecular flexibility index (Phi) is 4.90. The summed E-state index contributed by atoms with van der Waals surface area (Å²) >= 11 is 0. The monoisotopic (exact) mass is 272 g/mol. The number of carbonyl (C=O) groups excluding carboxylic acids is 1.